The predicted molar refractivity (Wildman–Crippen MR) is 66.0 cm³/mol. The number of nitrogens with zero attached hydrogens (tertiary/aromatic N) is 3. The first-order valence-corrected chi connectivity index (χ1v) is 6.28. The van der Waals surface area contributed by atoms with E-state index in [2.05, 4.69) is 10.3 Å². The summed E-state index contributed by atoms with van der Waals surface area (Å²) in [6, 6.07) is 1.62. The summed E-state index contributed by atoms with van der Waals surface area (Å²) in [6.45, 7) is 1.95. The van der Waals surface area contributed by atoms with Gasteiger partial charge in [0.15, 0.2) is 0 Å². The van der Waals surface area contributed by atoms with Gasteiger partial charge in [-0.1, -0.05) is 16.8 Å². The van der Waals surface area contributed by atoms with Crippen LogP contribution >= 0.6 is 11.6 Å². The van der Waals surface area contributed by atoms with E-state index in [1.807, 2.05) is 0 Å². The smallest absolute Gasteiger partial charge is 0.147 e. The van der Waals surface area contributed by atoms with E-state index in [1.54, 1.807) is 13.0 Å². The van der Waals surface area contributed by atoms with Gasteiger partial charge in [-0.2, -0.15) is 0 Å². The molecule has 3 rings (SSSR count). The zero-order chi connectivity index (χ0) is 12.9. The Bertz CT molecular complexity index is 621. The predicted octanol–water partition coefficient (Wildman–Crippen LogP) is 2.45. The Balaban J connectivity index is 2.10. The fourth-order valence-corrected chi connectivity index (χ4v) is 2.67. The minimum Gasteiger partial charge on any atom is -0.388 e. The summed E-state index contributed by atoms with van der Waals surface area (Å²) in [7, 11) is 0. The summed E-state index contributed by atoms with van der Waals surface area (Å²) >= 11 is 6.01. The van der Waals surface area contributed by atoms with Crippen molar-refractivity contribution in [1.29, 1.82) is 0 Å². The van der Waals surface area contributed by atoms with Gasteiger partial charge in [0.05, 0.1) is 12.1 Å². The van der Waals surface area contributed by atoms with Crippen molar-refractivity contribution in [2.75, 3.05) is 0 Å². The number of aromatic nitrogens is 3. The maximum atomic E-state index is 13.8. The maximum absolute atomic E-state index is 13.8. The van der Waals surface area contributed by atoms with E-state index in [-0.39, 0.29) is 5.02 Å². The summed E-state index contributed by atoms with van der Waals surface area (Å²) < 4.78 is 15.3. The molecule has 4 nitrogen and oxygen atoms in total. The number of fused-ring (bicyclic) bond motifs is 1. The molecule has 96 valence electrons. The third-order valence-electron chi connectivity index (χ3n) is 3.59. The normalized spacial score (nSPS) is 18.0. The molecular formula is C12H13ClFN3O. The largest absolute Gasteiger partial charge is 0.388 e. The van der Waals surface area contributed by atoms with Crippen LogP contribution in [0.2, 0.25) is 5.02 Å². The number of aliphatic hydroxyl groups is 1. The van der Waals surface area contributed by atoms with E-state index >= 15 is 0 Å². The third kappa shape index (κ3) is 1.69. The molecule has 1 aromatic heterocycles. The van der Waals surface area contributed by atoms with Crippen LogP contribution in [0.3, 0.4) is 0 Å². The molecule has 1 aliphatic carbocycles. The summed E-state index contributed by atoms with van der Waals surface area (Å²) in [5.41, 5.74) is 0.717. The molecular weight excluding hydrogens is 257 g/mol. The molecule has 0 bridgehead atoms. The van der Waals surface area contributed by atoms with Crippen molar-refractivity contribution in [3.8, 4) is 0 Å². The highest BCUT2D eigenvalue weighted by atomic mass is 35.5. The first-order valence-electron chi connectivity index (χ1n) is 5.90. The van der Waals surface area contributed by atoms with E-state index in [0.29, 0.717) is 23.1 Å². The summed E-state index contributed by atoms with van der Waals surface area (Å²) in [5.74, 6) is -0.451. The van der Waals surface area contributed by atoms with Gasteiger partial charge in [0.2, 0.25) is 0 Å². The number of hydrogen-bond donors (Lipinski definition) is 1. The summed E-state index contributed by atoms with van der Waals surface area (Å²) in [5, 5.41) is 18.1. The Morgan fingerprint density at radius 2 is 2.28 bits per heavy atom. The SMILES string of the molecule is Cc1cc2nnn(CC3(O)CCC3)c2c(Cl)c1F. The van der Waals surface area contributed by atoms with Crippen LogP contribution in [0.1, 0.15) is 24.8 Å². The van der Waals surface area contributed by atoms with Gasteiger partial charge in [-0.3, -0.25) is 0 Å². The molecule has 18 heavy (non-hydrogen) atoms. The zero-order valence-electron chi connectivity index (χ0n) is 9.95. The minimum absolute atomic E-state index is 0.0259. The van der Waals surface area contributed by atoms with Crippen molar-refractivity contribution in [3.63, 3.8) is 0 Å². The van der Waals surface area contributed by atoms with Crippen molar-refractivity contribution in [1.82, 2.24) is 15.0 Å². The van der Waals surface area contributed by atoms with Crippen LogP contribution in [-0.2, 0) is 6.54 Å². The first kappa shape index (κ1) is 11.9. The van der Waals surface area contributed by atoms with Crippen LogP contribution in [0, 0.1) is 12.7 Å². The Labute approximate surface area is 108 Å². The van der Waals surface area contributed by atoms with E-state index in [1.165, 1.54) is 4.68 Å². The Hall–Kier alpha value is -1.20. The van der Waals surface area contributed by atoms with Gasteiger partial charge in [0, 0.05) is 0 Å². The highest BCUT2D eigenvalue weighted by Crippen LogP contribution is 2.35. The number of halogens is 2. The topological polar surface area (TPSA) is 50.9 Å². The summed E-state index contributed by atoms with van der Waals surface area (Å²) in [6.07, 6.45) is 2.48. The van der Waals surface area contributed by atoms with E-state index in [9.17, 15) is 9.50 Å². The number of hydrogen-bond acceptors (Lipinski definition) is 3. The van der Waals surface area contributed by atoms with E-state index < -0.39 is 11.4 Å². The van der Waals surface area contributed by atoms with Crippen molar-refractivity contribution in [2.45, 2.75) is 38.3 Å². The lowest BCUT2D eigenvalue weighted by molar-refractivity contribution is -0.0492. The molecule has 1 aromatic carbocycles. The van der Waals surface area contributed by atoms with Gasteiger partial charge >= 0.3 is 0 Å². The fraction of sp³-hybridized carbons (Fsp3) is 0.500. The quantitative estimate of drug-likeness (QED) is 0.911. The fourth-order valence-electron chi connectivity index (χ4n) is 2.33. The minimum atomic E-state index is -0.745. The molecule has 0 aliphatic heterocycles. The monoisotopic (exact) mass is 269 g/mol. The highest BCUT2D eigenvalue weighted by molar-refractivity contribution is 6.35. The van der Waals surface area contributed by atoms with Gasteiger partial charge in [-0.15, -0.1) is 5.10 Å². The zero-order valence-corrected chi connectivity index (χ0v) is 10.7. The van der Waals surface area contributed by atoms with Crippen LogP contribution < -0.4 is 0 Å². The lowest BCUT2D eigenvalue weighted by Gasteiger charge is -2.36. The lowest BCUT2D eigenvalue weighted by Crippen LogP contribution is -2.41. The third-order valence-corrected chi connectivity index (χ3v) is 3.93. The van der Waals surface area contributed by atoms with Crippen molar-refractivity contribution in [2.24, 2.45) is 0 Å². The highest BCUT2D eigenvalue weighted by Gasteiger charge is 2.35. The first-order chi connectivity index (χ1) is 8.50. The van der Waals surface area contributed by atoms with Crippen molar-refractivity contribution < 1.29 is 9.50 Å². The average molecular weight is 270 g/mol. The molecule has 0 radical (unpaired) electrons. The molecule has 0 spiro atoms. The average Bonchev–Trinajstić information content (AvgIpc) is 2.67. The maximum Gasteiger partial charge on any atom is 0.147 e. The Morgan fingerprint density at radius 3 is 2.89 bits per heavy atom. The van der Waals surface area contributed by atoms with Crippen LogP contribution in [0.5, 0.6) is 0 Å². The van der Waals surface area contributed by atoms with Gasteiger partial charge in [0.1, 0.15) is 21.9 Å². The van der Waals surface area contributed by atoms with Crippen LogP contribution in [0.4, 0.5) is 4.39 Å². The Morgan fingerprint density at radius 1 is 1.56 bits per heavy atom. The van der Waals surface area contributed by atoms with Gasteiger partial charge in [-0.05, 0) is 37.8 Å². The van der Waals surface area contributed by atoms with E-state index in [4.69, 9.17) is 11.6 Å². The second-order valence-corrected chi connectivity index (χ2v) is 5.39. The lowest BCUT2D eigenvalue weighted by atomic mass is 9.80. The number of rotatable bonds is 2. The second-order valence-electron chi connectivity index (χ2n) is 5.01. The molecule has 1 N–H and O–H groups in total. The molecule has 1 aliphatic rings. The standard InChI is InChI=1S/C12H13ClFN3O/c1-7-5-8-11(9(13)10(7)14)17(16-15-8)6-12(18)3-2-4-12/h5,18H,2-4,6H2,1H3. The molecule has 1 heterocycles. The molecule has 0 amide bonds. The molecule has 6 heteroatoms. The molecule has 1 fully saturated rings. The summed E-state index contributed by atoms with van der Waals surface area (Å²) in [4.78, 5) is 0. The number of aryl methyl sites for hydroxylation is 1. The molecule has 1 saturated carbocycles. The van der Waals surface area contributed by atoms with Crippen LogP contribution in [-0.4, -0.2) is 25.7 Å². The van der Waals surface area contributed by atoms with Crippen LogP contribution in [0.15, 0.2) is 6.07 Å². The second kappa shape index (κ2) is 3.90. The van der Waals surface area contributed by atoms with E-state index in [0.717, 1.165) is 19.3 Å². The van der Waals surface area contributed by atoms with Gasteiger partial charge < -0.3 is 5.11 Å². The Kier molecular flexibility index (Phi) is 2.57. The van der Waals surface area contributed by atoms with Gasteiger partial charge in [-0.25, -0.2) is 9.07 Å². The van der Waals surface area contributed by atoms with Crippen molar-refractivity contribution in [3.05, 3.63) is 22.5 Å². The van der Waals surface area contributed by atoms with Crippen molar-refractivity contribution >= 4 is 22.6 Å². The molecule has 2 aromatic rings. The molecule has 0 unspecified atom stereocenters. The molecule has 0 saturated heterocycles. The molecule has 0 atom stereocenters. The number of benzene rings is 1. The van der Waals surface area contributed by atoms with Crippen LogP contribution in [0.25, 0.3) is 11.0 Å². The van der Waals surface area contributed by atoms with Gasteiger partial charge in [0.25, 0.3) is 0 Å².